The standard InChI is InChI=1S/C22H44O3/c1-5-6-7-14-17-20(25-22(2,3)4)18-15-12-10-8-9-11-13-16-19-21(23)24/h20H,5-19H2,1-4H3,(H,23,24). The Morgan fingerprint density at radius 2 is 1.24 bits per heavy atom. The van der Waals surface area contributed by atoms with Crippen molar-refractivity contribution < 1.29 is 14.6 Å². The summed E-state index contributed by atoms with van der Waals surface area (Å²) in [6.45, 7) is 8.75. The second-order valence-electron chi connectivity index (χ2n) is 8.46. The molecule has 0 aliphatic heterocycles. The number of carboxylic acid groups (broad SMARTS) is 1. The highest BCUT2D eigenvalue weighted by Crippen LogP contribution is 2.21. The van der Waals surface area contributed by atoms with Gasteiger partial charge in [0.25, 0.3) is 0 Å². The molecule has 1 atom stereocenters. The van der Waals surface area contributed by atoms with Crippen LogP contribution in [0.1, 0.15) is 124 Å². The summed E-state index contributed by atoms with van der Waals surface area (Å²) >= 11 is 0. The molecule has 0 radical (unpaired) electrons. The van der Waals surface area contributed by atoms with Crippen molar-refractivity contribution in [2.24, 2.45) is 0 Å². The lowest BCUT2D eigenvalue weighted by molar-refractivity contribution is -0.137. The van der Waals surface area contributed by atoms with Gasteiger partial charge in [0.1, 0.15) is 0 Å². The van der Waals surface area contributed by atoms with Gasteiger partial charge in [0.05, 0.1) is 11.7 Å². The van der Waals surface area contributed by atoms with Gasteiger partial charge in [0.2, 0.25) is 0 Å². The van der Waals surface area contributed by atoms with Crippen LogP contribution < -0.4 is 0 Å². The van der Waals surface area contributed by atoms with E-state index in [9.17, 15) is 4.79 Å². The van der Waals surface area contributed by atoms with E-state index in [2.05, 4.69) is 27.7 Å². The molecule has 0 aromatic heterocycles. The molecule has 150 valence electrons. The number of unbranched alkanes of at least 4 members (excludes halogenated alkanes) is 10. The molecule has 0 saturated carbocycles. The van der Waals surface area contributed by atoms with Gasteiger partial charge < -0.3 is 9.84 Å². The van der Waals surface area contributed by atoms with Gasteiger partial charge >= 0.3 is 5.97 Å². The van der Waals surface area contributed by atoms with Crippen LogP contribution in [-0.2, 0) is 9.53 Å². The zero-order chi connectivity index (χ0) is 19.0. The third-order valence-electron chi connectivity index (χ3n) is 4.57. The molecule has 0 heterocycles. The van der Waals surface area contributed by atoms with E-state index in [0.717, 1.165) is 12.8 Å². The summed E-state index contributed by atoms with van der Waals surface area (Å²) in [6, 6.07) is 0. The van der Waals surface area contributed by atoms with Crippen molar-refractivity contribution in [3.8, 4) is 0 Å². The summed E-state index contributed by atoms with van der Waals surface area (Å²) in [4.78, 5) is 10.4. The van der Waals surface area contributed by atoms with Crippen LogP contribution in [-0.4, -0.2) is 22.8 Å². The predicted octanol–water partition coefficient (Wildman–Crippen LogP) is 7.13. The monoisotopic (exact) mass is 356 g/mol. The van der Waals surface area contributed by atoms with Crippen molar-refractivity contribution in [2.45, 2.75) is 136 Å². The average Bonchev–Trinajstić information content (AvgIpc) is 2.51. The molecule has 0 spiro atoms. The van der Waals surface area contributed by atoms with Crippen molar-refractivity contribution in [3.05, 3.63) is 0 Å². The average molecular weight is 357 g/mol. The lowest BCUT2D eigenvalue weighted by atomic mass is 10.0. The van der Waals surface area contributed by atoms with Crippen LogP contribution in [0, 0.1) is 0 Å². The van der Waals surface area contributed by atoms with Crippen molar-refractivity contribution in [3.63, 3.8) is 0 Å². The lowest BCUT2D eigenvalue weighted by Crippen LogP contribution is -2.27. The van der Waals surface area contributed by atoms with Crippen LogP contribution in [0.25, 0.3) is 0 Å². The summed E-state index contributed by atoms with van der Waals surface area (Å²) in [5, 5.41) is 8.60. The van der Waals surface area contributed by atoms with Crippen LogP contribution in [0.5, 0.6) is 0 Å². The number of rotatable bonds is 17. The van der Waals surface area contributed by atoms with Crippen LogP contribution in [0.4, 0.5) is 0 Å². The summed E-state index contributed by atoms with van der Waals surface area (Å²) < 4.78 is 6.26. The SMILES string of the molecule is CCCCCCC(CCCCCCCCCCC(=O)O)OC(C)(C)C. The molecule has 0 saturated heterocycles. The Balaban J connectivity index is 3.67. The minimum atomic E-state index is -0.665. The van der Waals surface area contributed by atoms with Crippen LogP contribution in [0.3, 0.4) is 0 Å². The van der Waals surface area contributed by atoms with Crippen molar-refractivity contribution >= 4 is 5.97 Å². The normalized spacial score (nSPS) is 13.1. The quantitative estimate of drug-likeness (QED) is 0.282. The van der Waals surface area contributed by atoms with E-state index in [4.69, 9.17) is 9.84 Å². The number of ether oxygens (including phenoxy) is 1. The minimum Gasteiger partial charge on any atom is -0.481 e. The molecule has 25 heavy (non-hydrogen) atoms. The van der Waals surface area contributed by atoms with Gasteiger partial charge in [-0.15, -0.1) is 0 Å². The zero-order valence-electron chi connectivity index (χ0n) is 17.4. The smallest absolute Gasteiger partial charge is 0.303 e. The van der Waals surface area contributed by atoms with Crippen LogP contribution in [0.2, 0.25) is 0 Å². The Bertz CT molecular complexity index is 307. The Labute approximate surface area is 156 Å². The molecule has 0 bridgehead atoms. The topological polar surface area (TPSA) is 46.5 Å². The molecule has 3 nitrogen and oxygen atoms in total. The Hall–Kier alpha value is -0.570. The van der Waals surface area contributed by atoms with Crippen LogP contribution in [0.15, 0.2) is 0 Å². The first kappa shape index (κ1) is 24.4. The van der Waals surface area contributed by atoms with Crippen LogP contribution >= 0.6 is 0 Å². The van der Waals surface area contributed by atoms with Gasteiger partial charge in [-0.2, -0.15) is 0 Å². The maximum absolute atomic E-state index is 10.4. The van der Waals surface area contributed by atoms with E-state index in [1.54, 1.807) is 0 Å². The lowest BCUT2D eigenvalue weighted by Gasteiger charge is -2.28. The van der Waals surface area contributed by atoms with E-state index in [0.29, 0.717) is 12.5 Å². The highest BCUT2D eigenvalue weighted by Gasteiger charge is 2.18. The largest absolute Gasteiger partial charge is 0.481 e. The third-order valence-corrected chi connectivity index (χ3v) is 4.57. The first-order chi connectivity index (χ1) is 11.8. The summed E-state index contributed by atoms with van der Waals surface area (Å²) in [5.41, 5.74) is -0.0363. The fourth-order valence-corrected chi connectivity index (χ4v) is 3.27. The Morgan fingerprint density at radius 3 is 1.68 bits per heavy atom. The van der Waals surface area contributed by atoms with Crippen molar-refractivity contribution in [1.82, 2.24) is 0 Å². The van der Waals surface area contributed by atoms with E-state index in [1.807, 2.05) is 0 Å². The van der Waals surface area contributed by atoms with Gasteiger partial charge in [-0.25, -0.2) is 0 Å². The van der Waals surface area contributed by atoms with Crippen molar-refractivity contribution in [1.29, 1.82) is 0 Å². The fourth-order valence-electron chi connectivity index (χ4n) is 3.27. The predicted molar refractivity (Wildman–Crippen MR) is 107 cm³/mol. The number of carboxylic acids is 1. The van der Waals surface area contributed by atoms with E-state index < -0.39 is 5.97 Å². The molecule has 0 amide bonds. The molecule has 0 aromatic carbocycles. The maximum atomic E-state index is 10.4. The number of aliphatic carboxylic acids is 1. The molecule has 0 rings (SSSR count). The van der Waals surface area contributed by atoms with Gasteiger partial charge in [-0.1, -0.05) is 77.6 Å². The molecule has 3 heteroatoms. The third kappa shape index (κ3) is 19.6. The number of hydrogen-bond acceptors (Lipinski definition) is 2. The molecule has 0 fully saturated rings. The minimum absolute atomic E-state index is 0.0363. The number of carbonyl (C=O) groups is 1. The van der Waals surface area contributed by atoms with Gasteiger partial charge in [-0.05, 0) is 40.0 Å². The Kier molecular flexibility index (Phi) is 15.3. The van der Waals surface area contributed by atoms with E-state index in [1.165, 1.54) is 77.0 Å². The second kappa shape index (κ2) is 15.7. The highest BCUT2D eigenvalue weighted by molar-refractivity contribution is 5.66. The van der Waals surface area contributed by atoms with Gasteiger partial charge in [0, 0.05) is 6.42 Å². The molecular weight excluding hydrogens is 312 g/mol. The molecule has 1 N–H and O–H groups in total. The van der Waals surface area contributed by atoms with Crippen molar-refractivity contribution in [2.75, 3.05) is 0 Å². The highest BCUT2D eigenvalue weighted by atomic mass is 16.5. The summed E-state index contributed by atoms with van der Waals surface area (Å²) in [5.74, 6) is -0.665. The molecule has 0 aliphatic carbocycles. The fraction of sp³-hybridized carbons (Fsp3) is 0.955. The maximum Gasteiger partial charge on any atom is 0.303 e. The van der Waals surface area contributed by atoms with E-state index in [-0.39, 0.29) is 5.60 Å². The second-order valence-corrected chi connectivity index (χ2v) is 8.46. The molecule has 0 aromatic rings. The summed E-state index contributed by atoms with van der Waals surface area (Å²) in [7, 11) is 0. The Morgan fingerprint density at radius 1 is 0.800 bits per heavy atom. The first-order valence-electron chi connectivity index (χ1n) is 10.7. The first-order valence-corrected chi connectivity index (χ1v) is 10.7. The molecule has 0 aliphatic rings. The molecular formula is C22H44O3. The van der Waals surface area contributed by atoms with E-state index >= 15 is 0 Å². The van der Waals surface area contributed by atoms with Gasteiger partial charge in [-0.3, -0.25) is 4.79 Å². The zero-order valence-corrected chi connectivity index (χ0v) is 17.4. The van der Waals surface area contributed by atoms with Gasteiger partial charge in [0.15, 0.2) is 0 Å². The summed E-state index contributed by atoms with van der Waals surface area (Å²) in [6.07, 6.45) is 17.9. The number of hydrogen-bond donors (Lipinski definition) is 1. The molecule has 1 unspecified atom stereocenters.